The number of nitrogens with one attached hydrogen (secondary N) is 2. The molecule has 0 aromatic carbocycles. The third kappa shape index (κ3) is 5.21. The van der Waals surface area contributed by atoms with Gasteiger partial charge in [-0.15, -0.1) is 24.8 Å². The Kier molecular flexibility index (Phi) is 8.71. The first kappa shape index (κ1) is 17.2. The number of halogens is 2. The molecule has 1 aliphatic heterocycles. The minimum absolute atomic E-state index is 0. The highest BCUT2D eigenvalue weighted by molar-refractivity contribution is 5.85. The maximum absolute atomic E-state index is 11.8. The fourth-order valence-electron chi connectivity index (χ4n) is 1.88. The molecule has 0 bridgehead atoms. The van der Waals surface area contributed by atoms with Crippen LogP contribution in [-0.4, -0.2) is 23.5 Å². The van der Waals surface area contributed by atoms with Crippen LogP contribution in [0.25, 0.3) is 0 Å². The van der Waals surface area contributed by atoms with Crippen molar-refractivity contribution in [3.8, 4) is 0 Å². The molecule has 0 radical (unpaired) electrons. The van der Waals surface area contributed by atoms with Gasteiger partial charge in [0.05, 0.1) is 18.3 Å². The summed E-state index contributed by atoms with van der Waals surface area (Å²) < 4.78 is 0. The molecule has 1 aromatic heterocycles. The normalized spacial score (nSPS) is 18.1. The van der Waals surface area contributed by atoms with Gasteiger partial charge in [0.2, 0.25) is 5.91 Å². The van der Waals surface area contributed by atoms with Gasteiger partial charge in [-0.3, -0.25) is 9.78 Å². The lowest BCUT2D eigenvalue weighted by Gasteiger charge is -2.22. The second-order valence-corrected chi connectivity index (χ2v) is 4.04. The van der Waals surface area contributed by atoms with E-state index in [0.29, 0.717) is 6.54 Å². The van der Waals surface area contributed by atoms with Gasteiger partial charge >= 0.3 is 0 Å². The van der Waals surface area contributed by atoms with Crippen molar-refractivity contribution in [2.45, 2.75) is 31.8 Å². The Bertz CT molecular complexity index is 342. The quantitative estimate of drug-likeness (QED) is 0.891. The topological polar surface area (TPSA) is 54.0 Å². The molecule has 0 saturated carbocycles. The Morgan fingerprint density at radius 3 is 2.83 bits per heavy atom. The van der Waals surface area contributed by atoms with Crippen molar-refractivity contribution in [2.75, 3.05) is 6.54 Å². The molecule has 102 valence electrons. The van der Waals surface area contributed by atoms with Crippen LogP contribution in [0.2, 0.25) is 0 Å². The van der Waals surface area contributed by atoms with Crippen LogP contribution in [0.1, 0.15) is 25.0 Å². The average Bonchev–Trinajstić information content (AvgIpc) is 2.38. The first-order valence-corrected chi connectivity index (χ1v) is 5.77. The van der Waals surface area contributed by atoms with Crippen LogP contribution in [0.15, 0.2) is 24.4 Å². The van der Waals surface area contributed by atoms with Crippen LogP contribution in [0, 0.1) is 0 Å². The van der Waals surface area contributed by atoms with Crippen LogP contribution in [-0.2, 0) is 11.3 Å². The molecule has 1 unspecified atom stereocenters. The molecule has 1 amide bonds. The van der Waals surface area contributed by atoms with E-state index in [9.17, 15) is 4.79 Å². The second-order valence-electron chi connectivity index (χ2n) is 4.04. The molecule has 1 saturated heterocycles. The highest BCUT2D eigenvalue weighted by Crippen LogP contribution is 2.06. The van der Waals surface area contributed by atoms with Gasteiger partial charge in [0.25, 0.3) is 0 Å². The number of nitrogens with zero attached hydrogens (tertiary/aromatic N) is 1. The van der Waals surface area contributed by atoms with Crippen molar-refractivity contribution in [2.24, 2.45) is 0 Å². The Morgan fingerprint density at radius 1 is 1.39 bits per heavy atom. The SMILES string of the molecule is Cl.Cl.O=C(NCc1ccccn1)C1CCCCN1. The van der Waals surface area contributed by atoms with Gasteiger partial charge in [-0.25, -0.2) is 0 Å². The first-order chi connectivity index (χ1) is 7.86. The molecular weight excluding hydrogens is 273 g/mol. The van der Waals surface area contributed by atoms with Crippen LogP contribution in [0.4, 0.5) is 0 Å². The summed E-state index contributed by atoms with van der Waals surface area (Å²) in [6.45, 7) is 1.46. The number of rotatable bonds is 3. The molecule has 2 rings (SSSR count). The molecule has 1 atom stereocenters. The zero-order valence-corrected chi connectivity index (χ0v) is 11.7. The van der Waals surface area contributed by atoms with Gasteiger partial charge in [-0.05, 0) is 31.5 Å². The summed E-state index contributed by atoms with van der Waals surface area (Å²) in [6.07, 6.45) is 4.98. The summed E-state index contributed by atoms with van der Waals surface area (Å²) in [7, 11) is 0. The second kappa shape index (κ2) is 9.14. The number of hydrogen-bond donors (Lipinski definition) is 2. The molecule has 1 fully saturated rings. The standard InChI is InChI=1S/C12H17N3O.2ClH/c16-12(11-6-2-4-8-14-11)15-9-10-5-1-3-7-13-10;;/h1,3,5,7,11,14H,2,4,6,8-9H2,(H,15,16);2*1H. The van der Waals surface area contributed by atoms with Crippen molar-refractivity contribution >= 4 is 30.7 Å². The van der Waals surface area contributed by atoms with Crippen molar-refractivity contribution in [1.82, 2.24) is 15.6 Å². The maximum atomic E-state index is 11.8. The molecule has 1 aromatic rings. The van der Waals surface area contributed by atoms with E-state index in [2.05, 4.69) is 15.6 Å². The first-order valence-electron chi connectivity index (χ1n) is 5.77. The number of carbonyl (C=O) groups excluding carboxylic acids is 1. The largest absolute Gasteiger partial charge is 0.349 e. The molecule has 2 heterocycles. The van der Waals surface area contributed by atoms with Crippen molar-refractivity contribution < 1.29 is 4.79 Å². The highest BCUT2D eigenvalue weighted by atomic mass is 35.5. The van der Waals surface area contributed by atoms with E-state index >= 15 is 0 Å². The lowest BCUT2D eigenvalue weighted by Crippen LogP contribution is -2.46. The van der Waals surface area contributed by atoms with E-state index in [1.54, 1.807) is 6.20 Å². The molecular formula is C12H19Cl2N3O. The minimum atomic E-state index is -0.0162. The molecule has 4 nitrogen and oxygen atoms in total. The Balaban J connectivity index is 0.00000144. The number of carbonyl (C=O) groups is 1. The summed E-state index contributed by atoms with van der Waals surface area (Å²) >= 11 is 0. The molecule has 2 N–H and O–H groups in total. The zero-order valence-electron chi connectivity index (χ0n) is 10.1. The van der Waals surface area contributed by atoms with Gasteiger partial charge in [0.1, 0.15) is 0 Å². The summed E-state index contributed by atoms with van der Waals surface area (Å²) in [4.78, 5) is 15.9. The van der Waals surface area contributed by atoms with Gasteiger partial charge in [0, 0.05) is 6.20 Å². The van der Waals surface area contributed by atoms with Crippen LogP contribution >= 0.6 is 24.8 Å². The minimum Gasteiger partial charge on any atom is -0.349 e. The van der Waals surface area contributed by atoms with Crippen LogP contribution < -0.4 is 10.6 Å². The predicted molar refractivity (Wildman–Crippen MR) is 76.2 cm³/mol. The van der Waals surface area contributed by atoms with Crippen molar-refractivity contribution in [3.05, 3.63) is 30.1 Å². The third-order valence-electron chi connectivity index (χ3n) is 2.80. The highest BCUT2D eigenvalue weighted by Gasteiger charge is 2.19. The van der Waals surface area contributed by atoms with E-state index in [1.807, 2.05) is 18.2 Å². The van der Waals surface area contributed by atoms with E-state index in [0.717, 1.165) is 25.1 Å². The molecule has 6 heteroatoms. The Morgan fingerprint density at radius 2 is 2.22 bits per heavy atom. The summed E-state index contributed by atoms with van der Waals surface area (Å²) in [5, 5.41) is 6.13. The van der Waals surface area contributed by atoms with Gasteiger partial charge in [0.15, 0.2) is 0 Å². The average molecular weight is 292 g/mol. The number of piperidine rings is 1. The van der Waals surface area contributed by atoms with Gasteiger partial charge in [-0.1, -0.05) is 12.5 Å². The third-order valence-corrected chi connectivity index (χ3v) is 2.80. The summed E-state index contributed by atoms with van der Waals surface area (Å²) in [5.41, 5.74) is 0.895. The number of amides is 1. The van der Waals surface area contributed by atoms with E-state index in [1.165, 1.54) is 6.42 Å². The van der Waals surface area contributed by atoms with Gasteiger partial charge < -0.3 is 10.6 Å². The molecule has 1 aliphatic rings. The van der Waals surface area contributed by atoms with E-state index < -0.39 is 0 Å². The molecule has 0 aliphatic carbocycles. The fourth-order valence-corrected chi connectivity index (χ4v) is 1.88. The Hall–Kier alpha value is -0.840. The number of pyridine rings is 1. The monoisotopic (exact) mass is 291 g/mol. The van der Waals surface area contributed by atoms with Crippen LogP contribution in [0.5, 0.6) is 0 Å². The maximum Gasteiger partial charge on any atom is 0.237 e. The van der Waals surface area contributed by atoms with E-state index in [4.69, 9.17) is 0 Å². The smallest absolute Gasteiger partial charge is 0.237 e. The van der Waals surface area contributed by atoms with E-state index in [-0.39, 0.29) is 36.8 Å². The van der Waals surface area contributed by atoms with Crippen molar-refractivity contribution in [1.29, 1.82) is 0 Å². The summed E-state index contributed by atoms with van der Waals surface area (Å²) in [5.74, 6) is 0.0883. The molecule has 0 spiro atoms. The Labute approximate surface area is 120 Å². The van der Waals surface area contributed by atoms with Crippen LogP contribution in [0.3, 0.4) is 0 Å². The number of aromatic nitrogens is 1. The lowest BCUT2D eigenvalue weighted by molar-refractivity contribution is -0.123. The fraction of sp³-hybridized carbons (Fsp3) is 0.500. The summed E-state index contributed by atoms with van der Waals surface area (Å²) in [6, 6.07) is 5.69. The number of hydrogen-bond acceptors (Lipinski definition) is 3. The molecule has 18 heavy (non-hydrogen) atoms. The predicted octanol–water partition coefficient (Wildman–Crippen LogP) is 1.68. The van der Waals surface area contributed by atoms with Crippen molar-refractivity contribution in [3.63, 3.8) is 0 Å². The zero-order chi connectivity index (χ0) is 11.2. The van der Waals surface area contributed by atoms with Gasteiger partial charge in [-0.2, -0.15) is 0 Å². The lowest BCUT2D eigenvalue weighted by atomic mass is 10.0.